The lowest BCUT2D eigenvalue weighted by atomic mass is 10.0. The highest BCUT2D eigenvalue weighted by atomic mass is 16.5. The maximum absolute atomic E-state index is 12.4. The van der Waals surface area contributed by atoms with Gasteiger partial charge in [-0.1, -0.05) is 181 Å². The summed E-state index contributed by atoms with van der Waals surface area (Å²) in [5.41, 5.74) is -0.649. The highest BCUT2D eigenvalue weighted by Gasteiger charge is 2.13. The van der Waals surface area contributed by atoms with Gasteiger partial charge in [-0.05, 0) is 25.0 Å². The Balaban J connectivity index is 1.61. The summed E-state index contributed by atoms with van der Waals surface area (Å²) in [7, 11) is 0. The fraction of sp³-hybridized carbons (Fsp3) is 0.800. The first kappa shape index (κ1) is 39.9. The molecule has 0 aliphatic carbocycles. The summed E-state index contributed by atoms with van der Waals surface area (Å²) >= 11 is 0. The molecule has 264 valence electrons. The van der Waals surface area contributed by atoms with Crippen LogP contribution in [0.1, 0.15) is 194 Å². The average Bonchev–Trinajstić information content (AvgIpc) is 3.06. The Hall–Kier alpha value is -2.24. The summed E-state index contributed by atoms with van der Waals surface area (Å²) in [6, 6.07) is 3.35. The molecular weight excluding hydrogens is 572 g/mol. The lowest BCUT2D eigenvalue weighted by molar-refractivity contribution is 0.259. The van der Waals surface area contributed by atoms with Gasteiger partial charge in [-0.3, -0.25) is 19.8 Å². The monoisotopic (exact) mass is 643 g/mol. The number of hydrogen-bond donors (Lipinski definition) is 2. The minimum absolute atomic E-state index is 0.325. The van der Waals surface area contributed by atoms with Crippen molar-refractivity contribution in [3.8, 4) is 11.5 Å². The van der Waals surface area contributed by atoms with Crippen molar-refractivity contribution in [3.05, 3.63) is 32.8 Å². The molecule has 0 aliphatic rings. The molecule has 0 atom stereocenters. The van der Waals surface area contributed by atoms with Crippen molar-refractivity contribution < 1.29 is 9.47 Å². The van der Waals surface area contributed by atoms with E-state index in [0.29, 0.717) is 35.5 Å². The Morgan fingerprint density at radius 1 is 0.391 bits per heavy atom. The normalized spacial score (nSPS) is 11.4. The lowest BCUT2D eigenvalue weighted by Crippen LogP contribution is -2.19. The van der Waals surface area contributed by atoms with Crippen LogP contribution in [0.2, 0.25) is 0 Å². The highest BCUT2D eigenvalue weighted by molar-refractivity contribution is 5.84. The van der Waals surface area contributed by atoms with Gasteiger partial charge < -0.3 is 9.47 Å². The molecule has 0 fully saturated rings. The zero-order chi connectivity index (χ0) is 32.9. The molecule has 0 radical (unpaired) electrons. The van der Waals surface area contributed by atoms with Crippen molar-refractivity contribution in [2.75, 3.05) is 13.2 Å². The van der Waals surface area contributed by atoms with E-state index in [0.717, 1.165) is 25.7 Å². The van der Waals surface area contributed by atoms with Crippen LogP contribution >= 0.6 is 0 Å². The second kappa shape index (κ2) is 27.8. The van der Waals surface area contributed by atoms with E-state index in [1.165, 1.54) is 154 Å². The number of nitrogens with one attached hydrogen (secondary N) is 2. The molecule has 1 aromatic carbocycles. The second-order valence-electron chi connectivity index (χ2n) is 13.6. The molecule has 6 heteroatoms. The van der Waals surface area contributed by atoms with E-state index < -0.39 is 0 Å². The molecule has 1 heterocycles. The second-order valence-corrected chi connectivity index (χ2v) is 13.6. The van der Waals surface area contributed by atoms with Crippen LogP contribution in [0.15, 0.2) is 21.7 Å². The number of unbranched alkanes of at least 4 members (excludes halogenated alkanes) is 26. The summed E-state index contributed by atoms with van der Waals surface area (Å²) in [5, 5.41) is 5.52. The molecule has 0 aliphatic heterocycles. The quantitative estimate of drug-likeness (QED) is 0.0778. The number of fused-ring (bicyclic) bond motifs is 1. The SMILES string of the molecule is CCCCCCCCCCCCCCCCOc1cc2c(=O)[nH][nH]c(=O)c2cc1OCCCCCCCCCCCCCCCC. The first-order valence-electron chi connectivity index (χ1n) is 19.7. The summed E-state index contributed by atoms with van der Waals surface area (Å²) in [6.45, 7) is 5.72. The number of hydrogen-bond acceptors (Lipinski definition) is 4. The first-order valence-corrected chi connectivity index (χ1v) is 19.7. The summed E-state index contributed by atoms with van der Waals surface area (Å²) in [5.74, 6) is 1.12. The van der Waals surface area contributed by atoms with Crippen LogP contribution in [-0.2, 0) is 0 Å². The number of aromatic nitrogens is 2. The molecule has 6 nitrogen and oxygen atoms in total. The van der Waals surface area contributed by atoms with Crippen molar-refractivity contribution >= 4 is 10.8 Å². The Bertz CT molecular complexity index is 1020. The smallest absolute Gasteiger partial charge is 0.270 e. The van der Waals surface area contributed by atoms with Gasteiger partial charge in [0.2, 0.25) is 0 Å². The van der Waals surface area contributed by atoms with Crippen LogP contribution in [0.4, 0.5) is 0 Å². The predicted octanol–water partition coefficient (Wildman–Crippen LogP) is 11.9. The Labute approximate surface area is 281 Å². The van der Waals surface area contributed by atoms with Gasteiger partial charge in [0.15, 0.2) is 11.5 Å². The molecule has 2 rings (SSSR count). The highest BCUT2D eigenvalue weighted by Crippen LogP contribution is 2.31. The topological polar surface area (TPSA) is 84.2 Å². The first-order chi connectivity index (χ1) is 22.7. The summed E-state index contributed by atoms with van der Waals surface area (Å²) in [4.78, 5) is 24.8. The van der Waals surface area contributed by atoms with Gasteiger partial charge >= 0.3 is 0 Å². The maximum atomic E-state index is 12.4. The minimum atomic E-state index is -0.325. The van der Waals surface area contributed by atoms with Crippen LogP contribution in [0.5, 0.6) is 11.5 Å². The number of H-pyrrole nitrogens is 2. The van der Waals surface area contributed by atoms with E-state index in [2.05, 4.69) is 24.0 Å². The van der Waals surface area contributed by atoms with E-state index in [-0.39, 0.29) is 11.1 Å². The van der Waals surface area contributed by atoms with E-state index in [1.54, 1.807) is 12.1 Å². The fourth-order valence-electron chi connectivity index (χ4n) is 6.37. The fourth-order valence-corrected chi connectivity index (χ4v) is 6.37. The van der Waals surface area contributed by atoms with Gasteiger partial charge in [-0.2, -0.15) is 0 Å². The molecule has 0 saturated heterocycles. The van der Waals surface area contributed by atoms with Gasteiger partial charge in [0.25, 0.3) is 11.1 Å². The van der Waals surface area contributed by atoms with Crippen LogP contribution in [-0.4, -0.2) is 23.4 Å². The third-order valence-corrected chi connectivity index (χ3v) is 9.37. The Kier molecular flexibility index (Phi) is 24.2. The largest absolute Gasteiger partial charge is 0.490 e. The van der Waals surface area contributed by atoms with Crippen LogP contribution in [0, 0.1) is 0 Å². The lowest BCUT2D eigenvalue weighted by Gasteiger charge is -2.14. The van der Waals surface area contributed by atoms with Gasteiger partial charge in [0.05, 0.1) is 24.0 Å². The standard InChI is InChI=1S/C40H70N2O4/c1-3-5-7-9-11-13-15-17-19-21-23-25-27-29-31-45-37-33-35-36(40(44)42-41-39(35)43)34-38(37)46-32-30-28-26-24-22-20-18-16-14-12-10-8-6-4-2/h33-34H,3-32H2,1-2H3,(H,41,43)(H,42,44). The zero-order valence-electron chi connectivity index (χ0n) is 30.0. The maximum Gasteiger partial charge on any atom is 0.270 e. The van der Waals surface area contributed by atoms with Crippen molar-refractivity contribution in [1.29, 1.82) is 0 Å². The molecule has 0 unspecified atom stereocenters. The van der Waals surface area contributed by atoms with Crippen molar-refractivity contribution in [1.82, 2.24) is 10.2 Å². The third-order valence-electron chi connectivity index (χ3n) is 9.37. The van der Waals surface area contributed by atoms with Crippen LogP contribution in [0.25, 0.3) is 10.8 Å². The third kappa shape index (κ3) is 18.8. The molecule has 2 N–H and O–H groups in total. The molecule has 1 aromatic heterocycles. The summed E-state index contributed by atoms with van der Waals surface area (Å²) < 4.78 is 12.3. The van der Waals surface area contributed by atoms with Gasteiger partial charge in [-0.25, -0.2) is 0 Å². The molecule has 0 saturated carbocycles. The summed E-state index contributed by atoms with van der Waals surface area (Å²) in [6.07, 6.45) is 36.9. The molecular formula is C40H70N2O4. The number of ether oxygens (including phenoxy) is 2. The minimum Gasteiger partial charge on any atom is -0.490 e. The van der Waals surface area contributed by atoms with E-state index in [1.807, 2.05) is 0 Å². The van der Waals surface area contributed by atoms with E-state index in [4.69, 9.17) is 9.47 Å². The van der Waals surface area contributed by atoms with E-state index in [9.17, 15) is 9.59 Å². The van der Waals surface area contributed by atoms with Crippen molar-refractivity contribution in [2.24, 2.45) is 0 Å². The molecule has 0 spiro atoms. The van der Waals surface area contributed by atoms with Gasteiger partial charge in [0, 0.05) is 0 Å². The number of benzene rings is 1. The Morgan fingerprint density at radius 2 is 0.630 bits per heavy atom. The molecule has 46 heavy (non-hydrogen) atoms. The molecule has 0 amide bonds. The Morgan fingerprint density at radius 3 is 0.891 bits per heavy atom. The van der Waals surface area contributed by atoms with Crippen LogP contribution in [0.3, 0.4) is 0 Å². The zero-order valence-corrected chi connectivity index (χ0v) is 30.0. The van der Waals surface area contributed by atoms with Crippen molar-refractivity contribution in [3.63, 3.8) is 0 Å². The predicted molar refractivity (Wildman–Crippen MR) is 197 cm³/mol. The number of rotatable bonds is 32. The average molecular weight is 643 g/mol. The van der Waals surface area contributed by atoms with Crippen molar-refractivity contribution in [2.45, 2.75) is 194 Å². The molecule has 2 aromatic rings. The van der Waals surface area contributed by atoms with E-state index >= 15 is 0 Å². The number of aromatic amines is 2. The van der Waals surface area contributed by atoms with Crippen LogP contribution < -0.4 is 20.6 Å². The van der Waals surface area contributed by atoms with Gasteiger partial charge in [0.1, 0.15) is 0 Å². The van der Waals surface area contributed by atoms with Gasteiger partial charge in [-0.15, -0.1) is 0 Å². The molecule has 0 bridgehead atoms.